The Balaban J connectivity index is 2.59. The summed E-state index contributed by atoms with van der Waals surface area (Å²) < 4.78 is 0.846. The van der Waals surface area contributed by atoms with Crippen LogP contribution in [0.3, 0.4) is 0 Å². The van der Waals surface area contributed by atoms with E-state index in [0.29, 0.717) is 0 Å². The normalized spacial score (nSPS) is 10.4. The van der Waals surface area contributed by atoms with Gasteiger partial charge in [0.1, 0.15) is 0 Å². The Hall–Kier alpha value is -0.930. The van der Waals surface area contributed by atoms with Gasteiger partial charge in [-0.05, 0) is 31.6 Å². The summed E-state index contributed by atoms with van der Waals surface area (Å²) in [5.74, 6) is 0. The van der Waals surface area contributed by atoms with Crippen molar-refractivity contribution in [2.75, 3.05) is 0 Å². The Labute approximate surface area is 92.4 Å². The molecule has 72 valence electrons. The second kappa shape index (κ2) is 3.67. The van der Waals surface area contributed by atoms with E-state index in [-0.39, 0.29) is 0 Å². The summed E-state index contributed by atoms with van der Waals surface area (Å²) in [7, 11) is 0. The lowest BCUT2D eigenvalue weighted by atomic mass is 10.1. The van der Waals surface area contributed by atoms with E-state index in [9.17, 15) is 0 Å². The van der Waals surface area contributed by atoms with Gasteiger partial charge in [-0.2, -0.15) is 0 Å². The van der Waals surface area contributed by atoms with Gasteiger partial charge in [0.05, 0.1) is 4.88 Å². The zero-order chi connectivity index (χ0) is 10.1. The summed E-state index contributed by atoms with van der Waals surface area (Å²) in [6.45, 7) is 4.16. The first-order valence-corrected chi connectivity index (χ1v) is 5.66. The highest BCUT2D eigenvalue weighted by Crippen LogP contribution is 2.28. The van der Waals surface area contributed by atoms with Gasteiger partial charge in [0.15, 0.2) is 3.95 Å². The highest BCUT2D eigenvalue weighted by molar-refractivity contribution is 7.73. The van der Waals surface area contributed by atoms with E-state index < -0.39 is 0 Å². The summed E-state index contributed by atoms with van der Waals surface area (Å²) in [6.07, 6.45) is 0. The Kier molecular flexibility index (Phi) is 2.52. The highest BCUT2D eigenvalue weighted by atomic mass is 32.1. The van der Waals surface area contributed by atoms with E-state index in [1.165, 1.54) is 16.0 Å². The van der Waals surface area contributed by atoms with E-state index in [2.05, 4.69) is 43.1 Å². The lowest BCUT2D eigenvalue weighted by molar-refractivity contribution is 1.25. The van der Waals surface area contributed by atoms with Gasteiger partial charge in [-0.25, -0.2) is 0 Å². The van der Waals surface area contributed by atoms with Gasteiger partial charge in [-0.1, -0.05) is 29.8 Å². The van der Waals surface area contributed by atoms with Crippen molar-refractivity contribution in [2.45, 2.75) is 13.8 Å². The van der Waals surface area contributed by atoms with E-state index in [0.717, 1.165) is 9.65 Å². The van der Waals surface area contributed by atoms with Crippen LogP contribution in [-0.2, 0) is 0 Å². The monoisotopic (exact) mass is 221 g/mol. The Morgan fingerprint density at radius 3 is 2.64 bits per heavy atom. The van der Waals surface area contributed by atoms with Crippen molar-refractivity contribution in [1.82, 2.24) is 4.98 Å². The van der Waals surface area contributed by atoms with Crippen LogP contribution in [0.15, 0.2) is 24.3 Å². The largest absolute Gasteiger partial charge is 0.341 e. The number of rotatable bonds is 1. The molecule has 0 atom stereocenters. The van der Waals surface area contributed by atoms with E-state index in [4.69, 9.17) is 12.2 Å². The van der Waals surface area contributed by atoms with Crippen molar-refractivity contribution < 1.29 is 0 Å². The van der Waals surface area contributed by atoms with Crippen molar-refractivity contribution in [3.8, 4) is 10.4 Å². The molecular weight excluding hydrogens is 210 g/mol. The Morgan fingerprint density at radius 2 is 2.07 bits per heavy atom. The molecule has 0 amide bonds. The van der Waals surface area contributed by atoms with E-state index in [1.54, 1.807) is 11.3 Å². The average Bonchev–Trinajstić information content (AvgIpc) is 2.45. The van der Waals surface area contributed by atoms with Crippen LogP contribution in [0.5, 0.6) is 0 Å². The molecule has 2 aromatic rings. The first-order valence-electron chi connectivity index (χ1n) is 4.43. The van der Waals surface area contributed by atoms with Gasteiger partial charge in [-0.3, -0.25) is 0 Å². The molecule has 0 radical (unpaired) electrons. The number of aryl methyl sites for hydroxylation is 2. The van der Waals surface area contributed by atoms with Gasteiger partial charge < -0.3 is 4.98 Å². The minimum absolute atomic E-state index is 0.846. The highest BCUT2D eigenvalue weighted by Gasteiger charge is 2.04. The minimum atomic E-state index is 0.846. The molecule has 1 heterocycles. The van der Waals surface area contributed by atoms with Crippen LogP contribution in [0.4, 0.5) is 0 Å². The fraction of sp³-hybridized carbons (Fsp3) is 0.182. The molecule has 0 fully saturated rings. The molecular formula is C11H11NS2. The first-order chi connectivity index (χ1) is 6.66. The zero-order valence-electron chi connectivity index (χ0n) is 8.13. The van der Waals surface area contributed by atoms with Crippen molar-refractivity contribution in [2.24, 2.45) is 0 Å². The third-order valence-electron chi connectivity index (χ3n) is 2.11. The van der Waals surface area contributed by atoms with Crippen LogP contribution >= 0.6 is 23.6 Å². The number of hydrogen-bond acceptors (Lipinski definition) is 2. The molecule has 0 unspecified atom stereocenters. The average molecular weight is 221 g/mol. The SMILES string of the molecule is Cc1cccc(-c2sc(=S)[nH]c2C)c1. The van der Waals surface area contributed by atoms with Crippen LogP contribution in [-0.4, -0.2) is 4.98 Å². The molecule has 0 aliphatic carbocycles. The molecule has 14 heavy (non-hydrogen) atoms. The number of aromatic amines is 1. The fourth-order valence-corrected chi connectivity index (χ4v) is 2.71. The summed E-state index contributed by atoms with van der Waals surface area (Å²) in [5.41, 5.74) is 3.69. The Bertz CT molecular complexity index is 508. The third-order valence-corrected chi connectivity index (χ3v) is 3.49. The number of H-pyrrole nitrogens is 1. The van der Waals surface area contributed by atoms with Crippen molar-refractivity contribution in [3.63, 3.8) is 0 Å². The second-order valence-corrected chi connectivity index (χ2v) is 5.03. The smallest absolute Gasteiger partial charge is 0.159 e. The molecule has 1 nitrogen and oxygen atoms in total. The minimum Gasteiger partial charge on any atom is -0.341 e. The maximum absolute atomic E-state index is 5.12. The molecule has 0 bridgehead atoms. The number of hydrogen-bond donors (Lipinski definition) is 1. The van der Waals surface area contributed by atoms with Gasteiger partial charge in [-0.15, -0.1) is 11.3 Å². The van der Waals surface area contributed by atoms with Crippen LogP contribution in [0, 0.1) is 17.8 Å². The molecule has 3 heteroatoms. The molecule has 1 aromatic heterocycles. The maximum Gasteiger partial charge on any atom is 0.159 e. The van der Waals surface area contributed by atoms with Crippen molar-refractivity contribution in [1.29, 1.82) is 0 Å². The lowest BCUT2D eigenvalue weighted by Gasteiger charge is -1.99. The number of aromatic nitrogens is 1. The molecule has 2 rings (SSSR count). The summed E-state index contributed by atoms with van der Waals surface area (Å²) in [4.78, 5) is 4.41. The number of thiazole rings is 1. The predicted octanol–water partition coefficient (Wildman–Crippen LogP) is 4.09. The van der Waals surface area contributed by atoms with Crippen LogP contribution in [0.1, 0.15) is 11.3 Å². The van der Waals surface area contributed by atoms with Gasteiger partial charge in [0.25, 0.3) is 0 Å². The summed E-state index contributed by atoms with van der Waals surface area (Å²) in [5, 5.41) is 0. The van der Waals surface area contributed by atoms with Crippen molar-refractivity contribution in [3.05, 3.63) is 39.5 Å². The van der Waals surface area contributed by atoms with Crippen LogP contribution < -0.4 is 0 Å². The number of nitrogens with one attached hydrogen (secondary N) is 1. The van der Waals surface area contributed by atoms with Crippen LogP contribution in [0.2, 0.25) is 0 Å². The third kappa shape index (κ3) is 1.79. The first kappa shape index (κ1) is 9.62. The molecule has 0 saturated heterocycles. The predicted molar refractivity (Wildman–Crippen MR) is 64.4 cm³/mol. The zero-order valence-corrected chi connectivity index (χ0v) is 9.76. The maximum atomic E-state index is 5.12. The molecule has 0 aliphatic rings. The van der Waals surface area contributed by atoms with E-state index in [1.807, 2.05) is 0 Å². The van der Waals surface area contributed by atoms with Gasteiger partial charge in [0.2, 0.25) is 0 Å². The van der Waals surface area contributed by atoms with E-state index >= 15 is 0 Å². The lowest BCUT2D eigenvalue weighted by Crippen LogP contribution is -1.78. The molecule has 1 N–H and O–H groups in total. The second-order valence-electron chi connectivity index (χ2n) is 3.34. The standard InChI is InChI=1S/C11H11NS2/c1-7-4-3-5-9(6-7)10-8(2)12-11(13)14-10/h3-6H,1-2H3,(H,12,13). The molecule has 0 aliphatic heterocycles. The number of benzene rings is 1. The Morgan fingerprint density at radius 1 is 1.29 bits per heavy atom. The fourth-order valence-electron chi connectivity index (χ4n) is 1.47. The molecule has 1 aromatic carbocycles. The van der Waals surface area contributed by atoms with Crippen molar-refractivity contribution >= 4 is 23.6 Å². The summed E-state index contributed by atoms with van der Waals surface area (Å²) >= 11 is 6.75. The molecule has 0 spiro atoms. The summed E-state index contributed by atoms with van der Waals surface area (Å²) in [6, 6.07) is 8.48. The molecule has 0 saturated carbocycles. The van der Waals surface area contributed by atoms with Gasteiger partial charge in [0, 0.05) is 5.69 Å². The quantitative estimate of drug-likeness (QED) is 0.717. The van der Waals surface area contributed by atoms with Crippen LogP contribution in [0.25, 0.3) is 10.4 Å². The van der Waals surface area contributed by atoms with Gasteiger partial charge >= 0.3 is 0 Å². The topological polar surface area (TPSA) is 15.8 Å².